The van der Waals surface area contributed by atoms with Crippen LogP contribution in [0.25, 0.3) is 0 Å². The normalized spacial score (nSPS) is 17.1. The van der Waals surface area contributed by atoms with Gasteiger partial charge >= 0.3 is 0 Å². The van der Waals surface area contributed by atoms with Crippen LogP contribution in [0.2, 0.25) is 0 Å². The minimum Gasteiger partial charge on any atom is -0.497 e. The van der Waals surface area contributed by atoms with Gasteiger partial charge < -0.3 is 15.4 Å². The monoisotopic (exact) mass is 312 g/mol. The fraction of sp³-hybridized carbons (Fsp3) is 0.444. The third kappa shape index (κ3) is 3.73. The number of hydrogen-bond acceptors (Lipinski definition) is 5. The molecule has 0 saturated heterocycles. The van der Waals surface area contributed by atoms with E-state index in [1.54, 1.807) is 7.11 Å². The van der Waals surface area contributed by atoms with Crippen LogP contribution in [0.5, 0.6) is 5.75 Å². The maximum absolute atomic E-state index is 5.37. The summed E-state index contributed by atoms with van der Waals surface area (Å²) >= 11 is 0. The molecule has 1 aromatic heterocycles. The summed E-state index contributed by atoms with van der Waals surface area (Å²) in [7, 11) is 3.59. The molecule has 1 aromatic carbocycles. The summed E-state index contributed by atoms with van der Waals surface area (Å²) in [6.45, 7) is 1.92. The van der Waals surface area contributed by atoms with Crippen molar-refractivity contribution in [3.63, 3.8) is 0 Å². The second-order valence-electron chi connectivity index (χ2n) is 6.01. The molecule has 1 aliphatic rings. The highest BCUT2D eigenvalue weighted by Gasteiger charge is 2.18. The molecule has 1 aliphatic carbocycles. The zero-order valence-electron chi connectivity index (χ0n) is 14.0. The van der Waals surface area contributed by atoms with Gasteiger partial charge in [0, 0.05) is 19.2 Å². The Morgan fingerprint density at radius 2 is 1.96 bits per heavy atom. The fourth-order valence-corrected chi connectivity index (χ4v) is 3.17. The first kappa shape index (κ1) is 15.6. The highest BCUT2D eigenvalue weighted by molar-refractivity contribution is 5.48. The van der Waals surface area contributed by atoms with Crippen molar-refractivity contribution in [2.75, 3.05) is 24.8 Å². The van der Waals surface area contributed by atoms with Crippen molar-refractivity contribution in [1.29, 1.82) is 0 Å². The highest BCUT2D eigenvalue weighted by atomic mass is 16.5. The molecule has 0 amide bonds. The zero-order chi connectivity index (χ0) is 16.2. The summed E-state index contributed by atoms with van der Waals surface area (Å²) in [4.78, 5) is 8.85. The molecule has 2 aromatic rings. The van der Waals surface area contributed by atoms with E-state index in [4.69, 9.17) is 4.74 Å². The van der Waals surface area contributed by atoms with Crippen LogP contribution >= 0.6 is 0 Å². The average molecular weight is 312 g/mol. The predicted molar refractivity (Wildman–Crippen MR) is 93.4 cm³/mol. The van der Waals surface area contributed by atoms with E-state index in [2.05, 4.69) is 38.8 Å². The first-order valence-electron chi connectivity index (χ1n) is 8.13. The number of anilines is 2. The van der Waals surface area contributed by atoms with Crippen LogP contribution in [0.4, 0.5) is 11.6 Å². The highest BCUT2D eigenvalue weighted by Crippen LogP contribution is 2.26. The van der Waals surface area contributed by atoms with E-state index in [0.717, 1.165) is 42.5 Å². The summed E-state index contributed by atoms with van der Waals surface area (Å²) in [5.41, 5.74) is 2.81. The van der Waals surface area contributed by atoms with Crippen molar-refractivity contribution >= 4 is 11.6 Å². The Bertz CT molecular complexity index is 687. The Morgan fingerprint density at radius 3 is 2.74 bits per heavy atom. The molecule has 0 fully saturated rings. The van der Waals surface area contributed by atoms with Crippen molar-refractivity contribution < 1.29 is 4.74 Å². The smallest absolute Gasteiger partial charge is 0.132 e. The molecule has 1 heterocycles. The van der Waals surface area contributed by atoms with Gasteiger partial charge in [-0.3, -0.25) is 0 Å². The molecule has 0 bridgehead atoms. The van der Waals surface area contributed by atoms with Crippen LogP contribution in [0.1, 0.15) is 29.8 Å². The maximum atomic E-state index is 5.37. The molecule has 0 aliphatic heterocycles. The summed E-state index contributed by atoms with van der Waals surface area (Å²) in [6.07, 6.45) is 4.43. The SMILES string of the molecule is CNc1cc(NC2CCCc3ccc(OC)cc3C2)nc(C)n1. The van der Waals surface area contributed by atoms with Gasteiger partial charge in [-0.25, -0.2) is 9.97 Å². The molecule has 5 heteroatoms. The summed E-state index contributed by atoms with van der Waals surface area (Å²) < 4.78 is 5.37. The van der Waals surface area contributed by atoms with Crippen molar-refractivity contribution in [1.82, 2.24) is 9.97 Å². The lowest BCUT2D eigenvalue weighted by atomic mass is 10.0. The third-order valence-corrected chi connectivity index (χ3v) is 4.32. The molecule has 122 valence electrons. The Morgan fingerprint density at radius 1 is 1.13 bits per heavy atom. The largest absolute Gasteiger partial charge is 0.497 e. The summed E-state index contributed by atoms with van der Waals surface area (Å²) in [6, 6.07) is 8.76. The van der Waals surface area contributed by atoms with Crippen LogP contribution < -0.4 is 15.4 Å². The molecule has 2 N–H and O–H groups in total. The zero-order valence-corrected chi connectivity index (χ0v) is 14.0. The van der Waals surface area contributed by atoms with Gasteiger partial charge in [0.15, 0.2) is 0 Å². The standard InChI is InChI=1S/C18H24N4O/c1-12-20-17(19-2)11-18(21-12)22-15-6-4-5-13-7-8-16(23-3)10-14(13)9-15/h7-8,10-11,15H,4-6,9H2,1-3H3,(H2,19,20,21,22). The van der Waals surface area contributed by atoms with E-state index in [1.807, 2.05) is 20.0 Å². The molecule has 23 heavy (non-hydrogen) atoms. The molecule has 1 unspecified atom stereocenters. The number of benzene rings is 1. The number of fused-ring (bicyclic) bond motifs is 1. The number of aryl methyl sites for hydroxylation is 2. The van der Waals surface area contributed by atoms with Gasteiger partial charge in [0.1, 0.15) is 23.2 Å². The van der Waals surface area contributed by atoms with E-state index >= 15 is 0 Å². The minimum absolute atomic E-state index is 0.377. The number of hydrogen-bond donors (Lipinski definition) is 2. The minimum atomic E-state index is 0.377. The van der Waals surface area contributed by atoms with Crippen LogP contribution in [-0.4, -0.2) is 30.2 Å². The maximum Gasteiger partial charge on any atom is 0.132 e. The predicted octanol–water partition coefficient (Wildman–Crippen LogP) is 3.19. The molecular weight excluding hydrogens is 288 g/mol. The van der Waals surface area contributed by atoms with Crippen molar-refractivity contribution in [2.45, 2.75) is 38.6 Å². The number of methoxy groups -OCH3 is 1. The van der Waals surface area contributed by atoms with Crippen molar-refractivity contribution in [2.24, 2.45) is 0 Å². The molecule has 1 atom stereocenters. The molecular formula is C18H24N4O. The Kier molecular flexibility index (Phi) is 4.65. The summed E-state index contributed by atoms with van der Waals surface area (Å²) in [5, 5.41) is 6.66. The Balaban J connectivity index is 1.79. The molecule has 0 spiro atoms. The number of rotatable bonds is 4. The first-order valence-corrected chi connectivity index (χ1v) is 8.13. The fourth-order valence-electron chi connectivity index (χ4n) is 3.17. The molecule has 0 radical (unpaired) electrons. The average Bonchev–Trinajstić information content (AvgIpc) is 2.74. The quantitative estimate of drug-likeness (QED) is 0.849. The van der Waals surface area contributed by atoms with Crippen LogP contribution in [0.3, 0.4) is 0 Å². The van der Waals surface area contributed by atoms with Gasteiger partial charge in [-0.1, -0.05) is 6.07 Å². The lowest BCUT2D eigenvalue weighted by molar-refractivity contribution is 0.414. The van der Waals surface area contributed by atoms with Crippen molar-refractivity contribution in [3.05, 3.63) is 41.2 Å². The van der Waals surface area contributed by atoms with E-state index in [0.29, 0.717) is 6.04 Å². The second-order valence-corrected chi connectivity index (χ2v) is 6.01. The second kappa shape index (κ2) is 6.86. The lowest BCUT2D eigenvalue weighted by Crippen LogP contribution is -2.22. The van der Waals surface area contributed by atoms with Crippen LogP contribution in [0.15, 0.2) is 24.3 Å². The van der Waals surface area contributed by atoms with Crippen LogP contribution in [-0.2, 0) is 12.8 Å². The molecule has 0 saturated carbocycles. The number of aromatic nitrogens is 2. The lowest BCUT2D eigenvalue weighted by Gasteiger charge is -2.18. The van der Waals surface area contributed by atoms with E-state index < -0.39 is 0 Å². The van der Waals surface area contributed by atoms with Gasteiger partial charge in [-0.05, 0) is 55.9 Å². The number of ether oxygens (including phenoxy) is 1. The van der Waals surface area contributed by atoms with Crippen LogP contribution in [0, 0.1) is 6.92 Å². The topological polar surface area (TPSA) is 59.1 Å². The van der Waals surface area contributed by atoms with Gasteiger partial charge in [-0.15, -0.1) is 0 Å². The van der Waals surface area contributed by atoms with E-state index in [9.17, 15) is 0 Å². The van der Waals surface area contributed by atoms with Gasteiger partial charge in [0.05, 0.1) is 7.11 Å². The first-order chi connectivity index (χ1) is 11.2. The van der Waals surface area contributed by atoms with E-state index in [-0.39, 0.29) is 0 Å². The van der Waals surface area contributed by atoms with E-state index in [1.165, 1.54) is 17.5 Å². The molecule has 5 nitrogen and oxygen atoms in total. The van der Waals surface area contributed by atoms with Gasteiger partial charge in [0.25, 0.3) is 0 Å². The Labute approximate surface area is 137 Å². The van der Waals surface area contributed by atoms with Gasteiger partial charge in [0.2, 0.25) is 0 Å². The van der Waals surface area contributed by atoms with Gasteiger partial charge in [-0.2, -0.15) is 0 Å². The number of nitrogens with one attached hydrogen (secondary N) is 2. The Hall–Kier alpha value is -2.30. The number of nitrogens with zero attached hydrogens (tertiary/aromatic N) is 2. The third-order valence-electron chi connectivity index (χ3n) is 4.32. The molecule has 3 rings (SSSR count). The van der Waals surface area contributed by atoms with Crippen molar-refractivity contribution in [3.8, 4) is 5.75 Å². The summed E-state index contributed by atoms with van der Waals surface area (Å²) in [5.74, 6) is 3.43.